The Morgan fingerprint density at radius 2 is 1.47 bits per heavy atom. The Morgan fingerprint density at radius 1 is 0.867 bits per heavy atom. The minimum atomic E-state index is -3.32. The molecule has 5 heteroatoms. The maximum atomic E-state index is 14.6. The Hall–Kier alpha value is -2.55. The zero-order valence-electron chi connectivity index (χ0n) is 18.4. The van der Waals surface area contributed by atoms with Crippen LogP contribution in [0.3, 0.4) is 0 Å². The van der Waals surface area contributed by atoms with Crippen LogP contribution in [0.4, 0.5) is 11.4 Å². The van der Waals surface area contributed by atoms with Crippen molar-refractivity contribution in [2.24, 2.45) is 0 Å². The van der Waals surface area contributed by atoms with Crippen LogP contribution in [0.5, 0.6) is 0 Å². The summed E-state index contributed by atoms with van der Waals surface area (Å²) in [5.74, 6) is -0.506. The van der Waals surface area contributed by atoms with Crippen molar-refractivity contribution in [1.82, 2.24) is 0 Å². The average Bonchev–Trinajstić information content (AvgIpc) is 2.73. The van der Waals surface area contributed by atoms with Gasteiger partial charge in [-0.15, -0.1) is 0 Å². The van der Waals surface area contributed by atoms with E-state index in [1.807, 2.05) is 119 Å². The standard InChI is InChI=1S/C25H31N2O2P/c1-19(2)29-30(28,24-17-15-23(16-18-24)27(4)5)25(21-13-11-20(3)12-14-21)26-22-9-7-6-8-10-22/h6-19,25-26H,1-5H3/t25-,30-/m1/s1. The molecule has 3 rings (SSSR count). The highest BCUT2D eigenvalue weighted by molar-refractivity contribution is 7.67. The topological polar surface area (TPSA) is 41.6 Å². The fraction of sp³-hybridized carbons (Fsp3) is 0.280. The van der Waals surface area contributed by atoms with E-state index in [1.54, 1.807) is 0 Å². The molecule has 30 heavy (non-hydrogen) atoms. The molecule has 0 heterocycles. The van der Waals surface area contributed by atoms with Gasteiger partial charge in [-0.1, -0.05) is 48.0 Å². The van der Waals surface area contributed by atoms with Gasteiger partial charge in [-0.2, -0.15) is 0 Å². The smallest absolute Gasteiger partial charge is 0.258 e. The van der Waals surface area contributed by atoms with Gasteiger partial charge in [0.15, 0.2) is 0 Å². The summed E-state index contributed by atoms with van der Waals surface area (Å²) in [6.07, 6.45) is -0.185. The van der Waals surface area contributed by atoms with Gasteiger partial charge in [0.05, 0.1) is 6.10 Å². The van der Waals surface area contributed by atoms with Crippen LogP contribution in [0.15, 0.2) is 78.9 Å². The molecule has 0 saturated carbocycles. The van der Waals surface area contributed by atoms with E-state index >= 15 is 0 Å². The Bertz CT molecular complexity index is 984. The molecule has 0 aliphatic heterocycles. The van der Waals surface area contributed by atoms with Crippen molar-refractivity contribution in [3.63, 3.8) is 0 Å². The molecule has 3 aromatic rings. The monoisotopic (exact) mass is 422 g/mol. The van der Waals surface area contributed by atoms with Crippen molar-refractivity contribution in [2.45, 2.75) is 32.7 Å². The summed E-state index contributed by atoms with van der Waals surface area (Å²) >= 11 is 0. The Labute approximate surface area is 180 Å². The van der Waals surface area contributed by atoms with E-state index in [0.717, 1.165) is 22.5 Å². The van der Waals surface area contributed by atoms with E-state index in [-0.39, 0.29) is 6.10 Å². The van der Waals surface area contributed by atoms with E-state index in [1.165, 1.54) is 0 Å². The van der Waals surface area contributed by atoms with Crippen molar-refractivity contribution >= 4 is 24.0 Å². The fourth-order valence-electron chi connectivity index (χ4n) is 3.35. The van der Waals surface area contributed by atoms with E-state index in [9.17, 15) is 4.57 Å². The summed E-state index contributed by atoms with van der Waals surface area (Å²) in [5, 5.41) is 4.20. The van der Waals surface area contributed by atoms with E-state index in [0.29, 0.717) is 5.30 Å². The van der Waals surface area contributed by atoms with Gasteiger partial charge in [-0.25, -0.2) is 0 Å². The normalized spacial score (nSPS) is 14.2. The minimum Gasteiger partial charge on any atom is -0.378 e. The number of benzene rings is 3. The molecular formula is C25H31N2O2P. The molecule has 0 spiro atoms. The van der Waals surface area contributed by atoms with E-state index in [2.05, 4.69) is 5.32 Å². The van der Waals surface area contributed by atoms with Gasteiger partial charge in [-0.3, -0.25) is 4.57 Å². The molecule has 0 saturated heterocycles. The van der Waals surface area contributed by atoms with Gasteiger partial charge < -0.3 is 14.7 Å². The molecule has 0 radical (unpaired) electrons. The Morgan fingerprint density at radius 3 is 2.00 bits per heavy atom. The molecular weight excluding hydrogens is 391 g/mol. The quantitative estimate of drug-likeness (QED) is 0.439. The predicted molar refractivity (Wildman–Crippen MR) is 128 cm³/mol. The van der Waals surface area contributed by atoms with Crippen molar-refractivity contribution in [3.8, 4) is 0 Å². The first kappa shape index (κ1) is 22.1. The van der Waals surface area contributed by atoms with Gasteiger partial charge in [0.2, 0.25) is 0 Å². The lowest BCUT2D eigenvalue weighted by atomic mass is 10.1. The van der Waals surface area contributed by atoms with Crippen molar-refractivity contribution in [2.75, 3.05) is 24.3 Å². The molecule has 2 atom stereocenters. The number of hydrogen-bond donors (Lipinski definition) is 1. The molecule has 4 nitrogen and oxygen atoms in total. The summed E-state index contributed by atoms with van der Waals surface area (Å²) in [5.41, 5.74) is 4.05. The Kier molecular flexibility index (Phi) is 7.02. The molecule has 1 N–H and O–H groups in total. The third kappa shape index (κ3) is 5.13. The van der Waals surface area contributed by atoms with Crippen molar-refractivity contribution in [1.29, 1.82) is 0 Å². The number of aryl methyl sites for hydroxylation is 1. The molecule has 0 amide bonds. The van der Waals surface area contributed by atoms with Gasteiger partial charge in [0, 0.05) is 30.8 Å². The van der Waals surface area contributed by atoms with E-state index in [4.69, 9.17) is 4.52 Å². The van der Waals surface area contributed by atoms with Crippen LogP contribution < -0.4 is 15.5 Å². The molecule has 158 valence electrons. The molecule has 3 aromatic carbocycles. The second-order valence-electron chi connectivity index (χ2n) is 7.99. The van der Waals surface area contributed by atoms with Crippen LogP contribution in [0, 0.1) is 6.92 Å². The number of anilines is 2. The van der Waals surface area contributed by atoms with Crippen LogP contribution in [0.1, 0.15) is 30.8 Å². The molecule has 0 bridgehead atoms. The second-order valence-corrected chi connectivity index (χ2v) is 10.4. The molecule has 0 unspecified atom stereocenters. The summed E-state index contributed by atoms with van der Waals surface area (Å²) in [7, 11) is 0.663. The van der Waals surface area contributed by atoms with Gasteiger partial charge in [0.1, 0.15) is 5.78 Å². The molecule has 0 aliphatic rings. The highest BCUT2D eigenvalue weighted by Gasteiger charge is 2.38. The number of hydrogen-bond acceptors (Lipinski definition) is 4. The SMILES string of the molecule is Cc1ccc([C@H](Nc2ccccc2)[P@](=O)(OC(C)C)c2ccc(N(C)C)cc2)cc1. The highest BCUT2D eigenvalue weighted by Crippen LogP contribution is 2.59. The van der Waals surface area contributed by atoms with Crippen LogP contribution in [-0.2, 0) is 9.09 Å². The zero-order chi connectivity index (χ0) is 21.7. The zero-order valence-corrected chi connectivity index (χ0v) is 19.3. The van der Waals surface area contributed by atoms with Gasteiger partial charge in [0.25, 0.3) is 7.37 Å². The van der Waals surface area contributed by atoms with Crippen molar-refractivity contribution < 1.29 is 9.09 Å². The van der Waals surface area contributed by atoms with Crippen LogP contribution in [0.25, 0.3) is 0 Å². The molecule has 0 aromatic heterocycles. The van der Waals surface area contributed by atoms with Crippen LogP contribution >= 0.6 is 7.37 Å². The summed E-state index contributed by atoms with van der Waals surface area (Å²) in [6, 6.07) is 25.8. The number of rotatable bonds is 8. The lowest BCUT2D eigenvalue weighted by molar-refractivity contribution is 0.245. The lowest BCUT2D eigenvalue weighted by Gasteiger charge is -2.31. The van der Waals surface area contributed by atoms with Gasteiger partial charge >= 0.3 is 0 Å². The molecule has 0 fully saturated rings. The second kappa shape index (κ2) is 9.51. The summed E-state index contributed by atoms with van der Waals surface area (Å²) in [4.78, 5) is 2.03. The number of nitrogens with one attached hydrogen (secondary N) is 1. The van der Waals surface area contributed by atoms with Crippen LogP contribution in [0.2, 0.25) is 0 Å². The van der Waals surface area contributed by atoms with Gasteiger partial charge in [-0.05, 0) is 62.7 Å². The maximum absolute atomic E-state index is 14.6. The summed E-state index contributed by atoms with van der Waals surface area (Å²) in [6.45, 7) is 5.90. The first-order valence-electron chi connectivity index (χ1n) is 10.2. The number of para-hydroxylation sites is 1. The van der Waals surface area contributed by atoms with E-state index < -0.39 is 13.2 Å². The summed E-state index contributed by atoms with van der Waals surface area (Å²) < 4.78 is 20.8. The van der Waals surface area contributed by atoms with Crippen LogP contribution in [-0.4, -0.2) is 20.2 Å². The first-order chi connectivity index (χ1) is 14.3. The fourth-order valence-corrected chi connectivity index (χ4v) is 5.96. The first-order valence-corrected chi connectivity index (χ1v) is 11.9. The number of nitrogens with zero attached hydrogens (tertiary/aromatic N) is 1. The third-order valence-electron chi connectivity index (χ3n) is 4.90. The largest absolute Gasteiger partial charge is 0.378 e. The lowest BCUT2D eigenvalue weighted by Crippen LogP contribution is -2.22. The molecule has 0 aliphatic carbocycles. The Balaban J connectivity index is 2.12. The minimum absolute atomic E-state index is 0.185. The predicted octanol–water partition coefficient (Wildman–Crippen LogP) is 6.20. The average molecular weight is 423 g/mol. The highest BCUT2D eigenvalue weighted by atomic mass is 31.2. The maximum Gasteiger partial charge on any atom is 0.258 e. The van der Waals surface area contributed by atoms with Crippen molar-refractivity contribution in [3.05, 3.63) is 90.0 Å². The third-order valence-corrected chi connectivity index (χ3v) is 7.76.